The van der Waals surface area contributed by atoms with Crippen LogP contribution < -0.4 is 0 Å². The number of aromatic nitrogens is 1. The molecule has 0 atom stereocenters. The topological polar surface area (TPSA) is 36.4 Å². The molecule has 0 unspecified atom stereocenters. The highest BCUT2D eigenvalue weighted by Crippen LogP contribution is 2.15. The molecule has 0 aliphatic carbocycles. The van der Waals surface area contributed by atoms with Gasteiger partial charge in [0.05, 0.1) is 0 Å². The lowest BCUT2D eigenvalue weighted by molar-refractivity contribution is 0.0752. The van der Waals surface area contributed by atoms with E-state index in [9.17, 15) is 4.79 Å². The van der Waals surface area contributed by atoms with Gasteiger partial charge >= 0.3 is 0 Å². The number of rotatable bonds is 6. The first-order valence-corrected chi connectivity index (χ1v) is 6.90. The molecule has 0 radical (unpaired) electrons. The Hall–Kier alpha value is -0.940. The minimum Gasteiger partial charge on any atom is -0.338 e. The maximum atomic E-state index is 12.3. The van der Waals surface area contributed by atoms with Crippen LogP contribution in [0.5, 0.6) is 0 Å². The van der Waals surface area contributed by atoms with E-state index in [1.807, 2.05) is 38.1 Å². The lowest BCUT2D eigenvalue weighted by atomic mass is 10.3. The normalized spacial score (nSPS) is 10.7. The maximum Gasteiger partial charge on any atom is 0.273 e. The smallest absolute Gasteiger partial charge is 0.273 e. The van der Waals surface area contributed by atoms with E-state index in [-0.39, 0.29) is 5.91 Å². The van der Waals surface area contributed by atoms with Gasteiger partial charge in [0.1, 0.15) is 5.69 Å². The van der Waals surface area contributed by atoms with E-state index in [1.54, 1.807) is 6.20 Å². The molecule has 1 heterocycles. The number of carbonyl (C=O) groups excluding carboxylic acids is 1. The van der Waals surface area contributed by atoms with Gasteiger partial charge in [-0.1, -0.05) is 0 Å². The highest BCUT2D eigenvalue weighted by Gasteiger charge is 2.17. The summed E-state index contributed by atoms with van der Waals surface area (Å²) >= 11 is 3.37. The average molecular weight is 314 g/mol. The van der Waals surface area contributed by atoms with Gasteiger partial charge in [-0.15, -0.1) is 0 Å². The lowest BCUT2D eigenvalue weighted by Crippen LogP contribution is -2.34. The first-order valence-electron chi connectivity index (χ1n) is 6.10. The molecule has 0 saturated heterocycles. The average Bonchev–Trinajstić information content (AvgIpc) is 2.34. The summed E-state index contributed by atoms with van der Waals surface area (Å²) in [6.45, 7) is 4.43. The van der Waals surface area contributed by atoms with Gasteiger partial charge in [0.2, 0.25) is 0 Å². The highest BCUT2D eigenvalue weighted by molar-refractivity contribution is 9.10. The third-order valence-electron chi connectivity index (χ3n) is 2.66. The van der Waals surface area contributed by atoms with E-state index < -0.39 is 0 Å². The zero-order chi connectivity index (χ0) is 13.5. The van der Waals surface area contributed by atoms with Gasteiger partial charge in [-0.2, -0.15) is 0 Å². The SMILES string of the molecule is CCN(CCCN(C)C)C(=O)c1ncccc1Br. The summed E-state index contributed by atoms with van der Waals surface area (Å²) in [5, 5.41) is 0. The molecule has 100 valence electrons. The minimum atomic E-state index is -0.0104. The van der Waals surface area contributed by atoms with Crippen LogP contribution in [0.25, 0.3) is 0 Å². The molecule has 0 bridgehead atoms. The van der Waals surface area contributed by atoms with Crippen molar-refractivity contribution in [3.05, 3.63) is 28.5 Å². The van der Waals surface area contributed by atoms with Crippen LogP contribution >= 0.6 is 15.9 Å². The summed E-state index contributed by atoms with van der Waals surface area (Å²) in [6, 6.07) is 3.65. The van der Waals surface area contributed by atoms with Gasteiger partial charge in [-0.3, -0.25) is 4.79 Å². The van der Waals surface area contributed by atoms with Crippen LogP contribution in [0.2, 0.25) is 0 Å². The Bertz CT molecular complexity index is 396. The maximum absolute atomic E-state index is 12.3. The van der Waals surface area contributed by atoms with Crippen molar-refractivity contribution in [2.75, 3.05) is 33.7 Å². The summed E-state index contributed by atoms with van der Waals surface area (Å²) in [7, 11) is 4.07. The summed E-state index contributed by atoms with van der Waals surface area (Å²) in [5.74, 6) is -0.0104. The Balaban J connectivity index is 2.65. The fourth-order valence-corrected chi connectivity index (χ4v) is 2.10. The van der Waals surface area contributed by atoms with Gasteiger partial charge in [0, 0.05) is 23.8 Å². The zero-order valence-corrected chi connectivity index (χ0v) is 12.8. The number of amides is 1. The molecule has 0 aliphatic rings. The molecule has 0 N–H and O–H groups in total. The third kappa shape index (κ3) is 4.38. The number of halogens is 1. The number of hydrogen-bond donors (Lipinski definition) is 0. The summed E-state index contributed by atoms with van der Waals surface area (Å²) in [6.07, 6.45) is 2.61. The van der Waals surface area contributed by atoms with Crippen LogP contribution in [0.15, 0.2) is 22.8 Å². The lowest BCUT2D eigenvalue weighted by Gasteiger charge is -2.21. The van der Waals surface area contributed by atoms with Crippen LogP contribution in [-0.4, -0.2) is 54.4 Å². The van der Waals surface area contributed by atoms with Crippen molar-refractivity contribution >= 4 is 21.8 Å². The van der Waals surface area contributed by atoms with Crippen molar-refractivity contribution in [3.63, 3.8) is 0 Å². The molecule has 0 saturated carbocycles. The summed E-state index contributed by atoms with van der Waals surface area (Å²) in [4.78, 5) is 20.4. The van der Waals surface area contributed by atoms with Gasteiger partial charge in [-0.05, 0) is 62.0 Å². The second kappa shape index (κ2) is 7.48. The molecule has 1 aromatic heterocycles. The van der Waals surface area contributed by atoms with E-state index in [0.717, 1.165) is 24.0 Å². The van der Waals surface area contributed by atoms with Gasteiger partial charge in [-0.25, -0.2) is 4.98 Å². The first kappa shape index (κ1) is 15.1. The van der Waals surface area contributed by atoms with Crippen molar-refractivity contribution in [2.45, 2.75) is 13.3 Å². The Morgan fingerprint density at radius 1 is 1.39 bits per heavy atom. The molecule has 0 spiro atoms. The number of hydrogen-bond acceptors (Lipinski definition) is 3. The molecular weight excluding hydrogens is 294 g/mol. The standard InChI is InChI=1S/C13H20BrN3O/c1-4-17(10-6-9-16(2)3)13(18)12-11(14)7-5-8-15-12/h5,7-8H,4,6,9-10H2,1-3H3. The van der Waals surface area contributed by atoms with Crippen molar-refractivity contribution in [2.24, 2.45) is 0 Å². The Labute approximate surface area is 117 Å². The minimum absolute atomic E-state index is 0.0104. The fourth-order valence-electron chi connectivity index (χ4n) is 1.67. The van der Waals surface area contributed by atoms with E-state index >= 15 is 0 Å². The Morgan fingerprint density at radius 2 is 2.11 bits per heavy atom. The quantitative estimate of drug-likeness (QED) is 0.808. The van der Waals surface area contributed by atoms with Gasteiger partial charge in [0.15, 0.2) is 0 Å². The molecule has 1 rings (SSSR count). The van der Waals surface area contributed by atoms with Gasteiger partial charge in [0.25, 0.3) is 5.91 Å². The molecule has 18 heavy (non-hydrogen) atoms. The van der Waals surface area contributed by atoms with Crippen molar-refractivity contribution in [1.29, 1.82) is 0 Å². The van der Waals surface area contributed by atoms with Crippen LogP contribution in [0, 0.1) is 0 Å². The number of nitrogens with zero attached hydrogens (tertiary/aromatic N) is 3. The van der Waals surface area contributed by atoms with Crippen LogP contribution in [0.1, 0.15) is 23.8 Å². The van der Waals surface area contributed by atoms with Crippen LogP contribution in [0.4, 0.5) is 0 Å². The largest absolute Gasteiger partial charge is 0.338 e. The molecule has 4 nitrogen and oxygen atoms in total. The monoisotopic (exact) mass is 313 g/mol. The predicted molar refractivity (Wildman–Crippen MR) is 76.7 cm³/mol. The second-order valence-corrected chi connectivity index (χ2v) is 5.23. The van der Waals surface area contributed by atoms with Crippen molar-refractivity contribution < 1.29 is 4.79 Å². The van der Waals surface area contributed by atoms with E-state index in [0.29, 0.717) is 12.2 Å². The van der Waals surface area contributed by atoms with Crippen molar-refractivity contribution in [3.8, 4) is 0 Å². The molecule has 5 heteroatoms. The molecule has 0 aliphatic heterocycles. The third-order valence-corrected chi connectivity index (χ3v) is 3.30. The summed E-state index contributed by atoms with van der Waals surface area (Å²) < 4.78 is 0.751. The molecule has 0 fully saturated rings. The Morgan fingerprint density at radius 3 is 2.67 bits per heavy atom. The highest BCUT2D eigenvalue weighted by atomic mass is 79.9. The zero-order valence-electron chi connectivity index (χ0n) is 11.2. The van der Waals surface area contributed by atoms with Crippen LogP contribution in [-0.2, 0) is 0 Å². The molecule has 1 aromatic rings. The van der Waals surface area contributed by atoms with E-state index in [4.69, 9.17) is 0 Å². The van der Waals surface area contributed by atoms with Crippen LogP contribution in [0.3, 0.4) is 0 Å². The summed E-state index contributed by atoms with van der Waals surface area (Å²) in [5.41, 5.74) is 0.490. The fraction of sp³-hybridized carbons (Fsp3) is 0.538. The van der Waals surface area contributed by atoms with E-state index in [2.05, 4.69) is 25.8 Å². The van der Waals surface area contributed by atoms with Crippen molar-refractivity contribution in [1.82, 2.24) is 14.8 Å². The van der Waals surface area contributed by atoms with Gasteiger partial charge < -0.3 is 9.80 Å². The molecule has 0 aromatic carbocycles. The number of carbonyl (C=O) groups is 1. The Kier molecular flexibility index (Phi) is 6.29. The second-order valence-electron chi connectivity index (χ2n) is 4.38. The predicted octanol–water partition coefficient (Wildman–Crippen LogP) is 2.26. The molecular formula is C13H20BrN3O. The number of pyridine rings is 1. The first-order chi connectivity index (χ1) is 8.56. The van der Waals surface area contributed by atoms with E-state index in [1.165, 1.54) is 0 Å². The molecule has 1 amide bonds.